The van der Waals surface area contributed by atoms with Gasteiger partial charge in [-0.3, -0.25) is 4.98 Å². The van der Waals surface area contributed by atoms with Crippen molar-refractivity contribution in [2.45, 2.75) is 38.0 Å². The molecule has 4 nitrogen and oxygen atoms in total. The normalized spacial score (nSPS) is 13.8. The van der Waals surface area contributed by atoms with E-state index in [9.17, 15) is 8.42 Å². The first-order valence-corrected chi connectivity index (χ1v) is 7.31. The van der Waals surface area contributed by atoms with Crippen LogP contribution < -0.4 is 5.73 Å². The quantitative estimate of drug-likeness (QED) is 0.890. The van der Waals surface area contributed by atoms with Crippen molar-refractivity contribution in [1.29, 1.82) is 0 Å². The molecule has 0 amide bonds. The fraction of sp³-hybridized carbons (Fsp3) is 0.583. The lowest BCUT2D eigenvalue weighted by atomic mass is 9.94. The second-order valence-corrected chi connectivity index (χ2v) is 8.00. The Labute approximate surface area is 103 Å². The van der Waals surface area contributed by atoms with Gasteiger partial charge < -0.3 is 5.73 Å². The maximum atomic E-state index is 11.7. The summed E-state index contributed by atoms with van der Waals surface area (Å²) >= 11 is 0. The van der Waals surface area contributed by atoms with E-state index < -0.39 is 20.1 Å². The summed E-state index contributed by atoms with van der Waals surface area (Å²) in [6.07, 6.45) is 2.82. The largest absolute Gasteiger partial charge is 0.322 e. The first kappa shape index (κ1) is 14.1. The Morgan fingerprint density at radius 2 is 1.76 bits per heavy atom. The van der Waals surface area contributed by atoms with E-state index in [2.05, 4.69) is 4.98 Å². The molecule has 0 aromatic carbocycles. The summed E-state index contributed by atoms with van der Waals surface area (Å²) in [6, 6.07) is 3.57. The maximum Gasteiger partial charge on any atom is 0.158 e. The molecule has 1 aromatic rings. The Hall–Kier alpha value is -0.940. The van der Waals surface area contributed by atoms with Crippen LogP contribution in [-0.4, -0.2) is 19.7 Å². The summed E-state index contributed by atoms with van der Waals surface area (Å²) < 4.78 is 22.5. The molecule has 0 bridgehead atoms. The topological polar surface area (TPSA) is 73.0 Å². The molecule has 0 aliphatic rings. The number of hydrogen-bond acceptors (Lipinski definition) is 4. The van der Waals surface area contributed by atoms with Crippen LogP contribution in [0.25, 0.3) is 0 Å². The molecule has 0 saturated heterocycles. The summed E-state index contributed by atoms with van der Waals surface area (Å²) in [7, 11) is -3.22. The molecule has 0 saturated carbocycles. The lowest BCUT2D eigenvalue weighted by molar-refractivity contribution is 0.541. The van der Waals surface area contributed by atoms with Crippen LogP contribution in [0.1, 0.15) is 39.0 Å². The molecule has 5 heteroatoms. The zero-order chi connectivity index (χ0) is 13.5. The number of hydrogen-bond donors (Lipinski definition) is 1. The standard InChI is InChI=1S/C12H20N2O2S/c1-11(2,13)9-6-7-14-10(8-9)12(3,4)17(5,15)16/h6-8H,13H2,1-5H3. The molecule has 1 aromatic heterocycles. The Morgan fingerprint density at radius 1 is 1.24 bits per heavy atom. The van der Waals surface area contributed by atoms with Gasteiger partial charge in [0.2, 0.25) is 0 Å². The number of pyridine rings is 1. The molecule has 1 heterocycles. The molecule has 96 valence electrons. The average Bonchev–Trinajstić information content (AvgIpc) is 2.15. The van der Waals surface area contributed by atoms with Crippen LogP contribution in [0.5, 0.6) is 0 Å². The van der Waals surface area contributed by atoms with Crippen LogP contribution in [0, 0.1) is 0 Å². The predicted octanol–water partition coefficient (Wildman–Crippen LogP) is 1.56. The fourth-order valence-corrected chi connectivity index (χ4v) is 1.84. The van der Waals surface area contributed by atoms with Gasteiger partial charge in [0.1, 0.15) is 4.75 Å². The monoisotopic (exact) mass is 256 g/mol. The summed E-state index contributed by atoms with van der Waals surface area (Å²) in [5, 5.41) is 0. The van der Waals surface area contributed by atoms with Gasteiger partial charge in [0.25, 0.3) is 0 Å². The van der Waals surface area contributed by atoms with E-state index in [0.717, 1.165) is 5.56 Å². The molecular weight excluding hydrogens is 236 g/mol. The van der Waals surface area contributed by atoms with Crippen molar-refractivity contribution in [2.75, 3.05) is 6.26 Å². The molecule has 0 radical (unpaired) electrons. The van der Waals surface area contributed by atoms with Gasteiger partial charge in [-0.2, -0.15) is 0 Å². The van der Waals surface area contributed by atoms with E-state index in [1.165, 1.54) is 6.26 Å². The minimum Gasteiger partial charge on any atom is -0.322 e. The molecule has 0 atom stereocenters. The van der Waals surface area contributed by atoms with Gasteiger partial charge in [0.15, 0.2) is 9.84 Å². The smallest absolute Gasteiger partial charge is 0.158 e. The summed E-state index contributed by atoms with van der Waals surface area (Å²) in [5.74, 6) is 0. The van der Waals surface area contributed by atoms with Gasteiger partial charge >= 0.3 is 0 Å². The van der Waals surface area contributed by atoms with Crippen molar-refractivity contribution >= 4 is 9.84 Å². The lowest BCUT2D eigenvalue weighted by Gasteiger charge is -2.25. The number of nitrogens with two attached hydrogens (primary N) is 1. The first-order valence-electron chi connectivity index (χ1n) is 5.42. The molecule has 2 N–H and O–H groups in total. The summed E-state index contributed by atoms with van der Waals surface area (Å²) in [4.78, 5) is 4.16. The third-order valence-electron chi connectivity index (χ3n) is 3.05. The van der Waals surface area contributed by atoms with Gasteiger partial charge in [0, 0.05) is 18.0 Å². The second kappa shape index (κ2) is 4.07. The molecule has 0 unspecified atom stereocenters. The molecular formula is C12H20N2O2S. The Bertz CT molecular complexity index is 514. The maximum absolute atomic E-state index is 11.7. The molecule has 17 heavy (non-hydrogen) atoms. The van der Waals surface area contributed by atoms with Crippen molar-refractivity contribution in [2.24, 2.45) is 5.73 Å². The molecule has 0 aliphatic heterocycles. The van der Waals surface area contributed by atoms with Gasteiger partial charge in [-0.25, -0.2) is 8.42 Å². The second-order valence-electron chi connectivity index (χ2n) is 5.43. The van der Waals surface area contributed by atoms with Crippen LogP contribution in [0.4, 0.5) is 0 Å². The Kier molecular flexibility index (Phi) is 3.38. The van der Waals surface area contributed by atoms with E-state index in [1.54, 1.807) is 26.1 Å². The van der Waals surface area contributed by atoms with Crippen molar-refractivity contribution in [1.82, 2.24) is 4.98 Å². The number of aromatic nitrogens is 1. The summed E-state index contributed by atoms with van der Waals surface area (Å²) in [5.41, 5.74) is 6.89. The Morgan fingerprint density at radius 3 is 2.18 bits per heavy atom. The van der Waals surface area contributed by atoms with Crippen LogP contribution >= 0.6 is 0 Å². The predicted molar refractivity (Wildman–Crippen MR) is 69.3 cm³/mol. The highest BCUT2D eigenvalue weighted by molar-refractivity contribution is 7.91. The SMILES string of the molecule is CC(C)(N)c1ccnc(C(C)(C)S(C)(=O)=O)c1. The van der Waals surface area contributed by atoms with Gasteiger partial charge in [0.05, 0.1) is 5.69 Å². The van der Waals surface area contributed by atoms with Crippen molar-refractivity contribution < 1.29 is 8.42 Å². The van der Waals surface area contributed by atoms with Crippen LogP contribution in [-0.2, 0) is 20.1 Å². The van der Waals surface area contributed by atoms with E-state index >= 15 is 0 Å². The molecule has 1 rings (SSSR count). The zero-order valence-electron chi connectivity index (χ0n) is 11.0. The fourth-order valence-electron chi connectivity index (χ4n) is 1.35. The van der Waals surface area contributed by atoms with Crippen LogP contribution in [0.2, 0.25) is 0 Å². The third-order valence-corrected chi connectivity index (χ3v) is 5.11. The number of sulfone groups is 1. The highest BCUT2D eigenvalue weighted by atomic mass is 32.2. The lowest BCUT2D eigenvalue weighted by Crippen LogP contribution is -2.32. The van der Waals surface area contributed by atoms with E-state index in [0.29, 0.717) is 5.69 Å². The molecule has 0 aliphatic carbocycles. The van der Waals surface area contributed by atoms with Gasteiger partial charge in [-0.1, -0.05) is 0 Å². The molecule has 0 spiro atoms. The third kappa shape index (κ3) is 2.84. The van der Waals surface area contributed by atoms with Gasteiger partial charge in [-0.05, 0) is 45.4 Å². The number of rotatable bonds is 3. The minimum atomic E-state index is -3.22. The minimum absolute atomic E-state index is 0.509. The zero-order valence-corrected chi connectivity index (χ0v) is 11.8. The van der Waals surface area contributed by atoms with Crippen LogP contribution in [0.3, 0.4) is 0 Å². The van der Waals surface area contributed by atoms with Crippen LogP contribution in [0.15, 0.2) is 18.3 Å². The van der Waals surface area contributed by atoms with Gasteiger partial charge in [-0.15, -0.1) is 0 Å². The van der Waals surface area contributed by atoms with E-state index in [-0.39, 0.29) is 0 Å². The Balaban J connectivity index is 3.36. The van der Waals surface area contributed by atoms with E-state index in [4.69, 9.17) is 5.73 Å². The highest BCUT2D eigenvalue weighted by Gasteiger charge is 2.34. The number of nitrogens with zero attached hydrogens (tertiary/aromatic N) is 1. The molecule has 0 fully saturated rings. The summed E-state index contributed by atoms with van der Waals surface area (Å²) in [6.45, 7) is 7.05. The van der Waals surface area contributed by atoms with Crippen molar-refractivity contribution in [3.8, 4) is 0 Å². The van der Waals surface area contributed by atoms with Crippen molar-refractivity contribution in [3.63, 3.8) is 0 Å². The first-order chi connectivity index (χ1) is 7.46. The van der Waals surface area contributed by atoms with E-state index in [1.807, 2.05) is 19.9 Å². The average molecular weight is 256 g/mol. The van der Waals surface area contributed by atoms with Crippen molar-refractivity contribution in [3.05, 3.63) is 29.6 Å². The highest BCUT2D eigenvalue weighted by Crippen LogP contribution is 2.29.